The Morgan fingerprint density at radius 3 is 2.80 bits per heavy atom. The predicted molar refractivity (Wildman–Crippen MR) is 52.5 cm³/mol. The van der Waals surface area contributed by atoms with Crippen molar-refractivity contribution in [2.45, 2.75) is 19.1 Å². The van der Waals surface area contributed by atoms with Crippen LogP contribution in [0.1, 0.15) is 18.5 Å². The molecule has 15 heavy (non-hydrogen) atoms. The van der Waals surface area contributed by atoms with E-state index >= 15 is 0 Å². The zero-order valence-corrected chi connectivity index (χ0v) is 8.47. The van der Waals surface area contributed by atoms with Crippen LogP contribution in [0, 0.1) is 11.6 Å². The Morgan fingerprint density at radius 2 is 2.20 bits per heavy atom. The summed E-state index contributed by atoms with van der Waals surface area (Å²) in [4.78, 5) is 0. The van der Waals surface area contributed by atoms with E-state index in [9.17, 15) is 8.78 Å². The lowest BCUT2D eigenvalue weighted by molar-refractivity contribution is 0.0141. The van der Waals surface area contributed by atoms with Gasteiger partial charge in [0.05, 0.1) is 18.8 Å². The Morgan fingerprint density at radius 1 is 1.40 bits per heavy atom. The highest BCUT2D eigenvalue weighted by molar-refractivity contribution is 5.22. The normalized spacial score (nSPS) is 26.6. The van der Waals surface area contributed by atoms with Crippen LogP contribution in [0.4, 0.5) is 8.78 Å². The summed E-state index contributed by atoms with van der Waals surface area (Å²) in [6.45, 7) is 3.05. The second kappa shape index (κ2) is 4.24. The summed E-state index contributed by atoms with van der Waals surface area (Å²) in [5.74, 6) is -1.08. The number of morpholine rings is 1. The van der Waals surface area contributed by atoms with E-state index in [1.165, 1.54) is 12.1 Å². The van der Waals surface area contributed by atoms with Crippen LogP contribution in [0.5, 0.6) is 0 Å². The minimum atomic E-state index is -0.554. The van der Waals surface area contributed by atoms with Gasteiger partial charge < -0.3 is 10.1 Å². The molecule has 1 aliphatic rings. The van der Waals surface area contributed by atoms with Crippen molar-refractivity contribution in [1.29, 1.82) is 0 Å². The number of halogens is 2. The van der Waals surface area contributed by atoms with Crippen molar-refractivity contribution in [3.05, 3.63) is 35.4 Å². The fraction of sp³-hybridized carbons (Fsp3) is 0.455. The molecule has 2 rings (SSSR count). The van der Waals surface area contributed by atoms with Gasteiger partial charge in [0.2, 0.25) is 0 Å². The fourth-order valence-corrected chi connectivity index (χ4v) is 1.67. The van der Waals surface area contributed by atoms with E-state index in [0.717, 1.165) is 6.07 Å². The zero-order chi connectivity index (χ0) is 10.8. The molecule has 0 spiro atoms. The van der Waals surface area contributed by atoms with Gasteiger partial charge in [0.1, 0.15) is 11.6 Å². The highest BCUT2D eigenvalue weighted by atomic mass is 19.1. The summed E-state index contributed by atoms with van der Waals surface area (Å²) in [5.41, 5.74) is 0.461. The van der Waals surface area contributed by atoms with Gasteiger partial charge in [-0.1, -0.05) is 6.07 Å². The highest BCUT2D eigenvalue weighted by Gasteiger charge is 2.21. The van der Waals surface area contributed by atoms with Crippen molar-refractivity contribution in [2.75, 3.05) is 13.2 Å². The molecule has 4 heteroatoms. The van der Waals surface area contributed by atoms with Crippen LogP contribution < -0.4 is 5.32 Å². The molecule has 0 radical (unpaired) electrons. The molecule has 1 saturated heterocycles. The summed E-state index contributed by atoms with van der Waals surface area (Å²) in [6, 6.07) is 3.44. The monoisotopic (exact) mass is 213 g/mol. The molecule has 0 aliphatic carbocycles. The van der Waals surface area contributed by atoms with E-state index in [-0.39, 0.29) is 12.1 Å². The van der Waals surface area contributed by atoms with Crippen LogP contribution in [0.25, 0.3) is 0 Å². The first-order valence-corrected chi connectivity index (χ1v) is 4.97. The van der Waals surface area contributed by atoms with Gasteiger partial charge in [0.25, 0.3) is 0 Å². The number of nitrogens with one attached hydrogen (secondary N) is 1. The molecule has 0 aromatic heterocycles. The molecule has 0 amide bonds. The first kappa shape index (κ1) is 10.5. The van der Waals surface area contributed by atoms with Crippen molar-refractivity contribution in [2.24, 2.45) is 0 Å². The number of rotatable bonds is 1. The predicted octanol–water partition coefficient (Wildman–Crippen LogP) is 2.01. The van der Waals surface area contributed by atoms with Gasteiger partial charge in [0.15, 0.2) is 0 Å². The third kappa shape index (κ3) is 2.33. The van der Waals surface area contributed by atoms with E-state index in [2.05, 4.69) is 5.32 Å². The molecule has 1 aliphatic heterocycles. The fourth-order valence-electron chi connectivity index (χ4n) is 1.67. The van der Waals surface area contributed by atoms with Crippen molar-refractivity contribution in [1.82, 2.24) is 5.32 Å². The molecule has 1 aromatic carbocycles. The van der Waals surface area contributed by atoms with Crippen LogP contribution >= 0.6 is 0 Å². The lowest BCUT2D eigenvalue weighted by Gasteiger charge is -2.28. The third-order valence-electron chi connectivity index (χ3n) is 2.54. The topological polar surface area (TPSA) is 21.3 Å². The maximum atomic E-state index is 13.4. The van der Waals surface area contributed by atoms with Crippen LogP contribution in [-0.2, 0) is 4.74 Å². The SMILES string of the molecule is CC1CN[C@H](c2ccc(F)cc2F)CO1. The van der Waals surface area contributed by atoms with Gasteiger partial charge in [-0.3, -0.25) is 0 Å². The average molecular weight is 213 g/mol. The summed E-state index contributed by atoms with van der Waals surface area (Å²) < 4.78 is 31.5. The molecular formula is C11H13F2NO. The summed E-state index contributed by atoms with van der Waals surface area (Å²) in [7, 11) is 0. The molecule has 1 unspecified atom stereocenters. The second-order valence-electron chi connectivity index (χ2n) is 3.77. The molecule has 0 saturated carbocycles. The van der Waals surface area contributed by atoms with Crippen LogP contribution in [0.3, 0.4) is 0 Å². The smallest absolute Gasteiger partial charge is 0.130 e. The Balaban J connectivity index is 2.15. The number of benzene rings is 1. The van der Waals surface area contributed by atoms with Gasteiger partial charge in [-0.05, 0) is 13.0 Å². The maximum absolute atomic E-state index is 13.4. The van der Waals surface area contributed by atoms with Gasteiger partial charge in [-0.25, -0.2) is 8.78 Å². The molecule has 0 bridgehead atoms. The van der Waals surface area contributed by atoms with Crippen molar-refractivity contribution >= 4 is 0 Å². The first-order valence-electron chi connectivity index (χ1n) is 4.97. The average Bonchev–Trinajstić information content (AvgIpc) is 2.20. The van der Waals surface area contributed by atoms with Crippen LogP contribution in [0.2, 0.25) is 0 Å². The molecule has 1 N–H and O–H groups in total. The first-order chi connectivity index (χ1) is 7.16. The van der Waals surface area contributed by atoms with E-state index < -0.39 is 11.6 Å². The van der Waals surface area contributed by atoms with Crippen LogP contribution in [0.15, 0.2) is 18.2 Å². The van der Waals surface area contributed by atoms with Gasteiger partial charge >= 0.3 is 0 Å². The minimum Gasteiger partial charge on any atom is -0.375 e. The highest BCUT2D eigenvalue weighted by Crippen LogP contribution is 2.21. The standard InChI is InChI=1S/C11H13F2NO/c1-7-5-14-11(6-15-7)9-3-2-8(12)4-10(9)13/h2-4,7,11,14H,5-6H2,1H3/t7?,11-/m0/s1. The molecule has 2 atom stereocenters. The molecule has 2 nitrogen and oxygen atoms in total. The Bertz CT molecular complexity index is 348. The Labute approximate surface area is 87.2 Å². The van der Waals surface area contributed by atoms with Crippen molar-refractivity contribution in [3.8, 4) is 0 Å². The van der Waals surface area contributed by atoms with Gasteiger partial charge in [-0.15, -0.1) is 0 Å². The largest absolute Gasteiger partial charge is 0.375 e. The molecule has 82 valence electrons. The van der Waals surface area contributed by atoms with E-state index in [1.807, 2.05) is 6.92 Å². The summed E-state index contributed by atoms with van der Waals surface area (Å²) in [6.07, 6.45) is 0.143. The summed E-state index contributed by atoms with van der Waals surface area (Å²) in [5, 5.41) is 3.16. The van der Waals surface area contributed by atoms with E-state index in [0.29, 0.717) is 18.7 Å². The van der Waals surface area contributed by atoms with Crippen LogP contribution in [-0.4, -0.2) is 19.3 Å². The van der Waals surface area contributed by atoms with Gasteiger partial charge in [0, 0.05) is 18.2 Å². The molecule has 1 fully saturated rings. The Kier molecular flexibility index (Phi) is 2.98. The summed E-state index contributed by atoms with van der Waals surface area (Å²) >= 11 is 0. The second-order valence-corrected chi connectivity index (χ2v) is 3.77. The lowest BCUT2D eigenvalue weighted by Crippen LogP contribution is -2.40. The number of hydrogen-bond acceptors (Lipinski definition) is 2. The number of hydrogen-bond donors (Lipinski definition) is 1. The molecular weight excluding hydrogens is 200 g/mol. The van der Waals surface area contributed by atoms with Gasteiger partial charge in [-0.2, -0.15) is 0 Å². The molecule has 1 aromatic rings. The Hall–Kier alpha value is -1.00. The number of ether oxygens (including phenoxy) is 1. The lowest BCUT2D eigenvalue weighted by atomic mass is 10.1. The van der Waals surface area contributed by atoms with Crippen molar-refractivity contribution in [3.63, 3.8) is 0 Å². The third-order valence-corrected chi connectivity index (χ3v) is 2.54. The van der Waals surface area contributed by atoms with E-state index in [1.54, 1.807) is 0 Å². The quantitative estimate of drug-likeness (QED) is 0.770. The van der Waals surface area contributed by atoms with E-state index in [4.69, 9.17) is 4.74 Å². The molecule has 1 heterocycles. The maximum Gasteiger partial charge on any atom is 0.130 e. The minimum absolute atomic E-state index is 0.143. The van der Waals surface area contributed by atoms with Crippen molar-refractivity contribution < 1.29 is 13.5 Å². The zero-order valence-electron chi connectivity index (χ0n) is 8.47.